The van der Waals surface area contributed by atoms with E-state index in [2.05, 4.69) is 5.32 Å². The summed E-state index contributed by atoms with van der Waals surface area (Å²) >= 11 is 6.21. The molecule has 0 aromatic heterocycles. The molecule has 0 saturated carbocycles. The van der Waals surface area contributed by atoms with Crippen molar-refractivity contribution in [3.05, 3.63) is 101 Å². The first-order valence-electron chi connectivity index (χ1n) is 13.2. The number of amides is 3. The van der Waals surface area contributed by atoms with Gasteiger partial charge in [-0.1, -0.05) is 79.5 Å². The molecule has 0 radical (unpaired) electrons. The van der Waals surface area contributed by atoms with Crippen LogP contribution in [-0.2, 0) is 32.6 Å². The van der Waals surface area contributed by atoms with Gasteiger partial charge in [-0.2, -0.15) is 0 Å². The number of halogens is 1. The summed E-state index contributed by atoms with van der Waals surface area (Å²) in [6.07, 6.45) is 1.67. The molecular weight excluding hydrogens is 550 g/mol. The number of hydrogen-bond donors (Lipinski definition) is 1. The molecule has 210 valence electrons. The quantitative estimate of drug-likeness (QED) is 0.319. The number of carbonyl (C=O) groups is 3. The Morgan fingerprint density at radius 3 is 2.38 bits per heavy atom. The molecule has 1 heterocycles. The van der Waals surface area contributed by atoms with Crippen LogP contribution >= 0.6 is 11.6 Å². The van der Waals surface area contributed by atoms with E-state index in [0.717, 1.165) is 28.3 Å². The average Bonchev–Trinajstić information content (AvgIpc) is 3.14. The summed E-state index contributed by atoms with van der Waals surface area (Å²) < 4.78 is 26.8. The zero-order chi connectivity index (χ0) is 28.7. The maximum absolute atomic E-state index is 13.8. The third-order valence-electron chi connectivity index (χ3n) is 6.78. The maximum atomic E-state index is 13.8. The molecule has 40 heavy (non-hydrogen) atoms. The van der Waals surface area contributed by atoms with Crippen molar-refractivity contribution in [2.45, 2.75) is 50.1 Å². The van der Waals surface area contributed by atoms with Crippen LogP contribution in [0.2, 0.25) is 5.02 Å². The molecule has 0 bridgehead atoms. The molecule has 3 aromatic rings. The van der Waals surface area contributed by atoms with E-state index in [1.165, 1.54) is 17.0 Å². The van der Waals surface area contributed by atoms with Crippen molar-refractivity contribution in [2.24, 2.45) is 0 Å². The second kappa shape index (κ2) is 13.1. The van der Waals surface area contributed by atoms with Gasteiger partial charge in [-0.15, -0.1) is 0 Å². The standard InChI is InChI=1S/C30H32ClN3O5S/c1-2-3-17-32-29(36)26(20-22-10-5-4-6-11-22)33(21-23-12-9-13-24(31)19-23)28(35)16-18-34-30(37)25-14-7-8-15-27(25)40(34,38)39/h4-15,19,26H,2-3,16-18,20-21H2,1H3,(H,32,36)/t26-/m1/s1. The summed E-state index contributed by atoms with van der Waals surface area (Å²) in [4.78, 5) is 41.6. The highest BCUT2D eigenvalue weighted by molar-refractivity contribution is 7.90. The van der Waals surface area contributed by atoms with Crippen LogP contribution in [0.25, 0.3) is 0 Å². The van der Waals surface area contributed by atoms with Crippen molar-refractivity contribution in [2.75, 3.05) is 13.1 Å². The zero-order valence-corrected chi connectivity index (χ0v) is 23.8. The normalized spacial score (nSPS) is 14.4. The van der Waals surface area contributed by atoms with Gasteiger partial charge in [0, 0.05) is 37.5 Å². The van der Waals surface area contributed by atoms with Crippen molar-refractivity contribution in [1.82, 2.24) is 14.5 Å². The molecule has 1 N–H and O–H groups in total. The zero-order valence-electron chi connectivity index (χ0n) is 22.3. The van der Waals surface area contributed by atoms with Gasteiger partial charge in [0.2, 0.25) is 11.8 Å². The van der Waals surface area contributed by atoms with Gasteiger partial charge in [0.15, 0.2) is 0 Å². The Hall–Kier alpha value is -3.69. The Balaban J connectivity index is 1.62. The second-order valence-corrected chi connectivity index (χ2v) is 11.9. The van der Waals surface area contributed by atoms with Gasteiger partial charge in [-0.25, -0.2) is 12.7 Å². The lowest BCUT2D eigenvalue weighted by Crippen LogP contribution is -2.51. The Labute approximate surface area is 240 Å². The number of benzene rings is 3. The lowest BCUT2D eigenvalue weighted by molar-refractivity contribution is -0.141. The summed E-state index contributed by atoms with van der Waals surface area (Å²) in [7, 11) is -4.07. The van der Waals surface area contributed by atoms with E-state index in [1.54, 1.807) is 30.3 Å². The van der Waals surface area contributed by atoms with Crippen LogP contribution in [-0.4, -0.2) is 54.5 Å². The Bertz CT molecular complexity index is 1480. The summed E-state index contributed by atoms with van der Waals surface area (Å²) in [6.45, 7) is 2.24. The summed E-state index contributed by atoms with van der Waals surface area (Å²) in [5, 5.41) is 3.44. The average molecular weight is 582 g/mol. The van der Waals surface area contributed by atoms with Gasteiger partial charge in [0.1, 0.15) is 10.9 Å². The number of hydrogen-bond acceptors (Lipinski definition) is 5. The van der Waals surface area contributed by atoms with Crippen LogP contribution in [0.4, 0.5) is 0 Å². The highest BCUT2D eigenvalue weighted by Gasteiger charge is 2.41. The fourth-order valence-corrected chi connectivity index (χ4v) is 6.47. The van der Waals surface area contributed by atoms with Gasteiger partial charge in [-0.3, -0.25) is 14.4 Å². The van der Waals surface area contributed by atoms with Gasteiger partial charge < -0.3 is 10.2 Å². The highest BCUT2D eigenvalue weighted by Crippen LogP contribution is 2.30. The molecule has 10 heteroatoms. The fraction of sp³-hybridized carbons (Fsp3) is 0.300. The molecule has 0 fully saturated rings. The van der Waals surface area contributed by atoms with E-state index < -0.39 is 27.9 Å². The first-order valence-corrected chi connectivity index (χ1v) is 15.1. The largest absolute Gasteiger partial charge is 0.354 e. The molecule has 0 unspecified atom stereocenters. The monoisotopic (exact) mass is 581 g/mol. The third kappa shape index (κ3) is 6.71. The first kappa shape index (κ1) is 29.3. The molecule has 3 aromatic carbocycles. The molecule has 1 aliphatic rings. The van der Waals surface area contributed by atoms with Crippen LogP contribution in [0.15, 0.2) is 83.8 Å². The van der Waals surface area contributed by atoms with E-state index in [0.29, 0.717) is 11.6 Å². The van der Waals surface area contributed by atoms with Crippen molar-refractivity contribution in [3.8, 4) is 0 Å². The van der Waals surface area contributed by atoms with Crippen LogP contribution in [0, 0.1) is 0 Å². The number of nitrogens with zero attached hydrogens (tertiary/aromatic N) is 2. The summed E-state index contributed by atoms with van der Waals surface area (Å²) in [5.74, 6) is -1.42. The lowest BCUT2D eigenvalue weighted by atomic mass is 10.0. The molecule has 1 atom stereocenters. The Morgan fingerprint density at radius 1 is 0.975 bits per heavy atom. The molecular formula is C30H32ClN3O5S. The SMILES string of the molecule is CCCCNC(=O)[C@@H](Cc1ccccc1)N(Cc1cccc(Cl)c1)C(=O)CCN1C(=O)c2ccccc2S1(=O)=O. The van der Waals surface area contributed by atoms with Gasteiger partial charge in [-0.05, 0) is 41.8 Å². The van der Waals surface area contributed by atoms with Crippen LogP contribution in [0.3, 0.4) is 0 Å². The van der Waals surface area contributed by atoms with Gasteiger partial charge >= 0.3 is 0 Å². The van der Waals surface area contributed by atoms with E-state index in [1.807, 2.05) is 43.3 Å². The van der Waals surface area contributed by atoms with Gasteiger partial charge in [0.25, 0.3) is 15.9 Å². The number of sulfonamides is 1. The number of nitrogens with one attached hydrogen (secondary N) is 1. The molecule has 0 saturated heterocycles. The van der Waals surface area contributed by atoms with Crippen LogP contribution in [0.1, 0.15) is 47.7 Å². The van der Waals surface area contributed by atoms with Crippen molar-refractivity contribution in [1.29, 1.82) is 0 Å². The predicted octanol–water partition coefficient (Wildman–Crippen LogP) is 4.43. The van der Waals surface area contributed by atoms with E-state index in [-0.39, 0.29) is 42.3 Å². The van der Waals surface area contributed by atoms with Crippen LogP contribution < -0.4 is 5.32 Å². The third-order valence-corrected chi connectivity index (χ3v) is 8.86. The maximum Gasteiger partial charge on any atom is 0.269 e. The van der Waals surface area contributed by atoms with Gasteiger partial charge in [0.05, 0.1) is 5.56 Å². The smallest absolute Gasteiger partial charge is 0.269 e. The second-order valence-electron chi connectivity index (χ2n) is 9.63. The molecule has 4 rings (SSSR count). The lowest BCUT2D eigenvalue weighted by Gasteiger charge is -2.32. The van der Waals surface area contributed by atoms with Crippen molar-refractivity contribution in [3.63, 3.8) is 0 Å². The fourth-order valence-electron chi connectivity index (χ4n) is 4.69. The van der Waals surface area contributed by atoms with E-state index >= 15 is 0 Å². The molecule has 0 spiro atoms. The predicted molar refractivity (Wildman–Crippen MR) is 153 cm³/mol. The Kier molecular flexibility index (Phi) is 9.60. The topological polar surface area (TPSA) is 104 Å². The number of unbranched alkanes of at least 4 members (excludes halogenated alkanes) is 1. The minimum absolute atomic E-state index is 0.0690. The minimum atomic E-state index is -4.07. The minimum Gasteiger partial charge on any atom is -0.354 e. The number of rotatable bonds is 12. The summed E-state index contributed by atoms with van der Waals surface area (Å²) in [6, 6.07) is 21.5. The molecule has 8 nitrogen and oxygen atoms in total. The number of fused-ring (bicyclic) bond motifs is 1. The highest BCUT2D eigenvalue weighted by atomic mass is 35.5. The van der Waals surface area contributed by atoms with E-state index in [4.69, 9.17) is 11.6 Å². The van der Waals surface area contributed by atoms with Crippen molar-refractivity contribution >= 4 is 39.3 Å². The van der Waals surface area contributed by atoms with Crippen LogP contribution in [0.5, 0.6) is 0 Å². The molecule has 0 aliphatic carbocycles. The number of carbonyl (C=O) groups excluding carboxylic acids is 3. The Morgan fingerprint density at radius 2 is 1.68 bits per heavy atom. The molecule has 3 amide bonds. The first-order chi connectivity index (χ1) is 19.2. The van der Waals surface area contributed by atoms with Crippen molar-refractivity contribution < 1.29 is 22.8 Å². The molecule has 1 aliphatic heterocycles. The van der Waals surface area contributed by atoms with E-state index in [9.17, 15) is 22.8 Å². The summed E-state index contributed by atoms with van der Waals surface area (Å²) in [5.41, 5.74) is 1.68.